The minimum Gasteiger partial charge on any atom is -0.484 e. The molecule has 0 saturated heterocycles. The molecule has 0 unspecified atom stereocenters. The maximum atomic E-state index is 12.3. The molecule has 1 saturated carbocycles. The fourth-order valence-electron chi connectivity index (χ4n) is 3.65. The van der Waals surface area contributed by atoms with Gasteiger partial charge in [0.15, 0.2) is 6.61 Å². The molecule has 0 aliphatic heterocycles. The molecular weight excluding hydrogens is 364 g/mol. The van der Waals surface area contributed by atoms with Crippen LogP contribution in [0.5, 0.6) is 5.75 Å². The van der Waals surface area contributed by atoms with Crippen molar-refractivity contribution in [1.82, 2.24) is 5.32 Å². The van der Waals surface area contributed by atoms with Gasteiger partial charge in [0.05, 0.1) is 0 Å². The van der Waals surface area contributed by atoms with Crippen LogP contribution in [0.4, 0.5) is 5.69 Å². The van der Waals surface area contributed by atoms with Gasteiger partial charge in [0, 0.05) is 17.3 Å². The quantitative estimate of drug-likeness (QED) is 0.652. The minimum atomic E-state index is -0.249. The van der Waals surface area contributed by atoms with E-state index in [0.29, 0.717) is 17.0 Å². The van der Waals surface area contributed by atoms with E-state index in [9.17, 15) is 9.59 Å². The van der Waals surface area contributed by atoms with Crippen LogP contribution in [-0.4, -0.2) is 24.5 Å². The third-order valence-electron chi connectivity index (χ3n) is 5.21. The van der Waals surface area contributed by atoms with Crippen LogP contribution in [0, 0.1) is 0 Å². The molecule has 3 aromatic carbocycles. The average molecular weight is 388 g/mol. The van der Waals surface area contributed by atoms with Gasteiger partial charge in [-0.1, -0.05) is 43.2 Å². The summed E-state index contributed by atoms with van der Waals surface area (Å²) in [5, 5.41) is 8.05. The highest BCUT2D eigenvalue weighted by Gasteiger charge is 2.17. The number of nitrogens with one attached hydrogen (secondary N) is 2. The van der Waals surface area contributed by atoms with Crippen LogP contribution in [0.3, 0.4) is 0 Å². The Balaban J connectivity index is 1.29. The molecule has 0 bridgehead atoms. The Morgan fingerprint density at radius 3 is 2.38 bits per heavy atom. The lowest BCUT2D eigenvalue weighted by molar-refractivity contribution is -0.118. The zero-order valence-corrected chi connectivity index (χ0v) is 16.2. The Kier molecular flexibility index (Phi) is 5.75. The van der Waals surface area contributed by atoms with E-state index >= 15 is 0 Å². The predicted octanol–water partition coefficient (Wildman–Crippen LogP) is 4.53. The van der Waals surface area contributed by atoms with Crippen molar-refractivity contribution in [3.8, 4) is 5.75 Å². The summed E-state index contributed by atoms with van der Waals surface area (Å²) < 4.78 is 5.61. The minimum absolute atomic E-state index is 0.0607. The van der Waals surface area contributed by atoms with E-state index in [2.05, 4.69) is 10.6 Å². The van der Waals surface area contributed by atoms with Gasteiger partial charge in [-0.3, -0.25) is 9.59 Å². The summed E-state index contributed by atoms with van der Waals surface area (Å²) in [6, 6.07) is 20.9. The number of ether oxygens (including phenoxy) is 1. The average Bonchev–Trinajstić information content (AvgIpc) is 3.25. The Labute approximate surface area is 170 Å². The normalized spacial score (nSPS) is 13.9. The molecule has 5 heteroatoms. The van der Waals surface area contributed by atoms with Crippen molar-refractivity contribution in [2.75, 3.05) is 11.9 Å². The number of anilines is 1. The Hall–Kier alpha value is -3.34. The highest BCUT2D eigenvalue weighted by molar-refractivity contribution is 5.96. The SMILES string of the molecule is O=C(COc1ccc2ccccc2c1)Nc1ccc(C(=O)NC2CCCC2)cc1. The lowest BCUT2D eigenvalue weighted by atomic mass is 10.1. The number of amides is 2. The van der Waals surface area contributed by atoms with Gasteiger partial charge in [-0.25, -0.2) is 0 Å². The van der Waals surface area contributed by atoms with Gasteiger partial charge in [0.1, 0.15) is 5.75 Å². The van der Waals surface area contributed by atoms with Crippen molar-refractivity contribution in [1.29, 1.82) is 0 Å². The number of hydrogen-bond donors (Lipinski definition) is 2. The molecule has 29 heavy (non-hydrogen) atoms. The summed E-state index contributed by atoms with van der Waals surface area (Å²) in [5.74, 6) is 0.341. The first kappa shape index (κ1) is 19.0. The third kappa shape index (κ3) is 4.93. The van der Waals surface area contributed by atoms with Crippen LogP contribution >= 0.6 is 0 Å². The standard InChI is InChI=1S/C24H24N2O3/c27-23(16-29-22-14-11-17-5-1-2-6-19(17)15-22)25-21-12-9-18(10-13-21)24(28)26-20-7-3-4-8-20/h1-2,5-6,9-15,20H,3-4,7-8,16H2,(H,25,27)(H,26,28). The Morgan fingerprint density at radius 2 is 1.62 bits per heavy atom. The number of carbonyl (C=O) groups is 2. The highest BCUT2D eigenvalue weighted by Crippen LogP contribution is 2.21. The second-order valence-electron chi connectivity index (χ2n) is 7.38. The molecule has 0 heterocycles. The highest BCUT2D eigenvalue weighted by atomic mass is 16.5. The van der Waals surface area contributed by atoms with Crippen molar-refractivity contribution in [2.24, 2.45) is 0 Å². The third-order valence-corrected chi connectivity index (χ3v) is 5.21. The molecule has 4 rings (SSSR count). The summed E-state index contributed by atoms with van der Waals surface area (Å²) in [7, 11) is 0. The molecular formula is C24H24N2O3. The molecule has 0 aromatic heterocycles. The molecule has 0 atom stereocenters. The summed E-state index contributed by atoms with van der Waals surface area (Å²) in [6.07, 6.45) is 4.46. The van der Waals surface area contributed by atoms with E-state index < -0.39 is 0 Å². The van der Waals surface area contributed by atoms with E-state index in [1.54, 1.807) is 24.3 Å². The Morgan fingerprint density at radius 1 is 0.897 bits per heavy atom. The number of carbonyl (C=O) groups excluding carboxylic acids is 2. The molecule has 1 fully saturated rings. The summed E-state index contributed by atoms with van der Waals surface area (Å²) in [4.78, 5) is 24.5. The number of fused-ring (bicyclic) bond motifs is 1. The van der Waals surface area contributed by atoms with E-state index in [4.69, 9.17) is 4.74 Å². The van der Waals surface area contributed by atoms with Crippen LogP contribution in [0.2, 0.25) is 0 Å². The van der Waals surface area contributed by atoms with Gasteiger partial charge < -0.3 is 15.4 Å². The van der Waals surface area contributed by atoms with E-state index in [1.807, 2.05) is 42.5 Å². The van der Waals surface area contributed by atoms with E-state index in [1.165, 1.54) is 12.8 Å². The van der Waals surface area contributed by atoms with Crippen molar-refractivity contribution in [3.63, 3.8) is 0 Å². The van der Waals surface area contributed by atoms with Gasteiger partial charge >= 0.3 is 0 Å². The first-order valence-electron chi connectivity index (χ1n) is 10.00. The second kappa shape index (κ2) is 8.78. The van der Waals surface area contributed by atoms with E-state index in [-0.39, 0.29) is 24.5 Å². The molecule has 1 aliphatic rings. The molecule has 0 spiro atoms. The first-order chi connectivity index (χ1) is 14.2. The molecule has 2 amide bonds. The molecule has 5 nitrogen and oxygen atoms in total. The van der Waals surface area contributed by atoms with Crippen molar-refractivity contribution < 1.29 is 14.3 Å². The van der Waals surface area contributed by atoms with Crippen LogP contribution < -0.4 is 15.4 Å². The maximum Gasteiger partial charge on any atom is 0.262 e. The predicted molar refractivity (Wildman–Crippen MR) is 114 cm³/mol. The van der Waals surface area contributed by atoms with E-state index in [0.717, 1.165) is 23.6 Å². The fraction of sp³-hybridized carbons (Fsp3) is 0.250. The van der Waals surface area contributed by atoms with Crippen LogP contribution in [0.15, 0.2) is 66.7 Å². The topological polar surface area (TPSA) is 67.4 Å². The van der Waals surface area contributed by atoms with Gasteiger partial charge in [0.25, 0.3) is 11.8 Å². The number of rotatable bonds is 6. The first-order valence-corrected chi connectivity index (χ1v) is 10.00. The van der Waals surface area contributed by atoms with Crippen molar-refractivity contribution >= 4 is 28.3 Å². The molecule has 0 radical (unpaired) electrons. The van der Waals surface area contributed by atoms with Gasteiger partial charge in [-0.05, 0) is 60.0 Å². The number of hydrogen-bond acceptors (Lipinski definition) is 3. The van der Waals surface area contributed by atoms with Crippen LogP contribution in [-0.2, 0) is 4.79 Å². The lowest BCUT2D eigenvalue weighted by Gasteiger charge is -2.12. The zero-order chi connectivity index (χ0) is 20.1. The fourth-order valence-corrected chi connectivity index (χ4v) is 3.65. The van der Waals surface area contributed by atoms with Crippen LogP contribution in [0.1, 0.15) is 36.0 Å². The summed E-state index contributed by atoms with van der Waals surface area (Å²) >= 11 is 0. The second-order valence-corrected chi connectivity index (χ2v) is 7.38. The summed E-state index contributed by atoms with van der Waals surface area (Å²) in [5.41, 5.74) is 1.23. The molecule has 1 aliphatic carbocycles. The molecule has 148 valence electrons. The molecule has 2 N–H and O–H groups in total. The zero-order valence-electron chi connectivity index (χ0n) is 16.2. The van der Waals surface area contributed by atoms with Crippen molar-refractivity contribution in [3.05, 3.63) is 72.3 Å². The Bertz CT molecular complexity index is 1010. The monoisotopic (exact) mass is 388 g/mol. The lowest BCUT2D eigenvalue weighted by Crippen LogP contribution is -2.32. The smallest absolute Gasteiger partial charge is 0.262 e. The largest absolute Gasteiger partial charge is 0.484 e. The van der Waals surface area contributed by atoms with Crippen LogP contribution in [0.25, 0.3) is 10.8 Å². The molecule has 3 aromatic rings. The summed E-state index contributed by atoms with van der Waals surface area (Å²) in [6.45, 7) is -0.0811. The van der Waals surface area contributed by atoms with Gasteiger partial charge in [-0.2, -0.15) is 0 Å². The van der Waals surface area contributed by atoms with Gasteiger partial charge in [-0.15, -0.1) is 0 Å². The maximum absolute atomic E-state index is 12.3. The number of benzene rings is 3. The van der Waals surface area contributed by atoms with Crippen molar-refractivity contribution in [2.45, 2.75) is 31.7 Å². The van der Waals surface area contributed by atoms with Gasteiger partial charge in [0.2, 0.25) is 0 Å².